The summed E-state index contributed by atoms with van der Waals surface area (Å²) in [6, 6.07) is 9.42. The third kappa shape index (κ3) is 3.37. The van der Waals surface area contributed by atoms with Crippen LogP contribution in [0.25, 0.3) is 0 Å². The van der Waals surface area contributed by atoms with Crippen molar-refractivity contribution in [3.8, 4) is 0 Å². The van der Waals surface area contributed by atoms with Crippen LogP contribution in [-0.4, -0.2) is 29.7 Å². The molecule has 1 aromatic carbocycles. The minimum atomic E-state index is 0.141. The third-order valence-electron chi connectivity index (χ3n) is 5.34. The van der Waals surface area contributed by atoms with Gasteiger partial charge in [-0.25, -0.2) is 0 Å². The number of rotatable bonds is 5. The molecule has 0 bridgehead atoms. The summed E-state index contributed by atoms with van der Waals surface area (Å²) in [6.07, 6.45) is 2.40. The molecule has 0 saturated carbocycles. The van der Waals surface area contributed by atoms with Gasteiger partial charge in [0.2, 0.25) is 0 Å². The second-order valence-electron chi connectivity index (χ2n) is 7.49. The van der Waals surface area contributed by atoms with Crippen molar-refractivity contribution in [2.45, 2.75) is 64.8 Å². The second-order valence-corrected chi connectivity index (χ2v) is 7.49. The molecule has 1 saturated heterocycles. The maximum atomic E-state index is 3.66. The van der Waals surface area contributed by atoms with Gasteiger partial charge in [-0.15, -0.1) is 0 Å². The fourth-order valence-electron chi connectivity index (χ4n) is 3.19. The molecule has 3 heteroatoms. The summed E-state index contributed by atoms with van der Waals surface area (Å²) >= 11 is 0. The Hall–Kier alpha value is -1.54. The largest absolute Gasteiger partial charge is 0.367 e. The Kier molecular flexibility index (Phi) is 4.37. The minimum absolute atomic E-state index is 0.141. The summed E-state index contributed by atoms with van der Waals surface area (Å²) in [5, 5.41) is 7.29. The molecule has 1 aromatic rings. The zero-order valence-electron chi connectivity index (χ0n) is 15.0. The average molecular weight is 311 g/mol. The van der Waals surface area contributed by atoms with Crippen molar-refractivity contribution in [3.63, 3.8) is 0 Å². The van der Waals surface area contributed by atoms with Gasteiger partial charge < -0.3 is 4.90 Å². The van der Waals surface area contributed by atoms with E-state index >= 15 is 0 Å². The summed E-state index contributed by atoms with van der Waals surface area (Å²) < 4.78 is 0. The Morgan fingerprint density at radius 2 is 1.83 bits per heavy atom. The smallest absolute Gasteiger partial charge is 0.0882 e. The Balaban J connectivity index is 1.63. The first-order valence-corrected chi connectivity index (χ1v) is 8.70. The van der Waals surface area contributed by atoms with Crippen LogP contribution in [0.3, 0.4) is 0 Å². The van der Waals surface area contributed by atoms with Crippen molar-refractivity contribution < 1.29 is 0 Å². The van der Waals surface area contributed by atoms with Crippen LogP contribution >= 0.6 is 0 Å². The predicted octanol–water partition coefficient (Wildman–Crippen LogP) is 3.18. The van der Waals surface area contributed by atoms with Crippen LogP contribution < -0.4 is 10.6 Å². The number of hydrogen-bond acceptors (Lipinski definition) is 3. The van der Waals surface area contributed by atoms with E-state index in [9.17, 15) is 0 Å². The van der Waals surface area contributed by atoms with Gasteiger partial charge >= 0.3 is 0 Å². The topological polar surface area (TPSA) is 27.3 Å². The van der Waals surface area contributed by atoms with Gasteiger partial charge in [0.25, 0.3) is 0 Å². The molecular formula is C20H29N3. The number of nitrogens with one attached hydrogen (secondary N) is 2. The molecule has 1 aliphatic heterocycles. The Morgan fingerprint density at radius 1 is 1.22 bits per heavy atom. The average Bonchev–Trinajstić information content (AvgIpc) is 2.71. The molecule has 0 radical (unpaired) electrons. The molecule has 1 unspecified atom stereocenters. The van der Waals surface area contributed by atoms with Crippen LogP contribution in [0, 0.1) is 0 Å². The number of nitrogens with zero attached hydrogens (tertiary/aromatic N) is 1. The van der Waals surface area contributed by atoms with E-state index < -0.39 is 0 Å². The Labute approximate surface area is 140 Å². The van der Waals surface area contributed by atoms with Gasteiger partial charge in [0, 0.05) is 37.2 Å². The lowest BCUT2D eigenvalue weighted by Gasteiger charge is -2.29. The molecule has 23 heavy (non-hydrogen) atoms. The summed E-state index contributed by atoms with van der Waals surface area (Å²) in [5.74, 6) is 0. The van der Waals surface area contributed by atoms with E-state index in [0.29, 0.717) is 6.04 Å². The maximum Gasteiger partial charge on any atom is 0.0882 e. The zero-order chi connectivity index (χ0) is 16.6. The highest BCUT2D eigenvalue weighted by molar-refractivity contribution is 5.32. The van der Waals surface area contributed by atoms with E-state index in [2.05, 4.69) is 80.3 Å². The summed E-state index contributed by atoms with van der Waals surface area (Å²) in [6.45, 7) is 9.89. The molecule has 2 aliphatic rings. The molecule has 0 aromatic heterocycles. The van der Waals surface area contributed by atoms with Crippen molar-refractivity contribution >= 4 is 0 Å². The van der Waals surface area contributed by atoms with E-state index in [0.717, 1.165) is 19.4 Å². The molecule has 2 atom stereocenters. The fraction of sp³-hybridized carbons (Fsp3) is 0.550. The minimum Gasteiger partial charge on any atom is -0.367 e. The lowest BCUT2D eigenvalue weighted by atomic mass is 9.98. The van der Waals surface area contributed by atoms with E-state index in [1.165, 1.54) is 22.4 Å². The van der Waals surface area contributed by atoms with Crippen LogP contribution in [0.2, 0.25) is 0 Å². The van der Waals surface area contributed by atoms with Crippen LogP contribution in [-0.2, 0) is 13.0 Å². The van der Waals surface area contributed by atoms with Crippen molar-refractivity contribution in [1.82, 2.24) is 15.5 Å². The highest BCUT2D eigenvalue weighted by Gasteiger charge is 2.39. The molecular weight excluding hydrogens is 282 g/mol. The first-order chi connectivity index (χ1) is 10.9. The molecule has 0 amide bonds. The van der Waals surface area contributed by atoms with E-state index in [1.807, 2.05) is 0 Å². The molecule has 1 fully saturated rings. The van der Waals surface area contributed by atoms with Crippen molar-refractivity contribution in [1.29, 1.82) is 0 Å². The van der Waals surface area contributed by atoms with Gasteiger partial charge in [0.05, 0.1) is 11.9 Å². The molecule has 3 nitrogen and oxygen atoms in total. The fourth-order valence-corrected chi connectivity index (χ4v) is 3.19. The van der Waals surface area contributed by atoms with Crippen LogP contribution in [0.15, 0.2) is 41.3 Å². The van der Waals surface area contributed by atoms with Gasteiger partial charge in [0.15, 0.2) is 0 Å². The number of aryl methyl sites for hydroxylation is 1. The van der Waals surface area contributed by atoms with Gasteiger partial charge in [0.1, 0.15) is 0 Å². The highest BCUT2D eigenvalue weighted by atomic mass is 15.3. The lowest BCUT2D eigenvalue weighted by Crippen LogP contribution is -2.43. The van der Waals surface area contributed by atoms with Crippen LogP contribution in [0.1, 0.15) is 45.2 Å². The zero-order valence-corrected chi connectivity index (χ0v) is 15.0. The molecule has 124 valence electrons. The molecule has 0 spiro atoms. The first-order valence-electron chi connectivity index (χ1n) is 8.70. The first kappa shape index (κ1) is 16.3. The maximum absolute atomic E-state index is 3.66. The quantitative estimate of drug-likeness (QED) is 0.818. The van der Waals surface area contributed by atoms with Gasteiger partial charge in [-0.3, -0.25) is 10.6 Å². The van der Waals surface area contributed by atoms with Crippen molar-refractivity contribution in [2.75, 3.05) is 7.05 Å². The molecule has 1 heterocycles. The van der Waals surface area contributed by atoms with Gasteiger partial charge in [-0.1, -0.05) is 36.9 Å². The molecule has 3 rings (SSSR count). The van der Waals surface area contributed by atoms with Crippen LogP contribution in [0.5, 0.6) is 0 Å². The van der Waals surface area contributed by atoms with Gasteiger partial charge in [-0.05, 0) is 38.3 Å². The second kappa shape index (κ2) is 6.16. The number of hydrogen-bond donors (Lipinski definition) is 2. The summed E-state index contributed by atoms with van der Waals surface area (Å²) in [5.41, 5.74) is 9.12. The third-order valence-corrected chi connectivity index (χ3v) is 5.34. The highest BCUT2D eigenvalue weighted by Crippen LogP contribution is 2.29. The monoisotopic (exact) mass is 311 g/mol. The normalized spacial score (nSPS) is 25.6. The standard InChI is InChI=1S/C20H29N3/c1-6-15-7-9-16(10-8-15)13-23(5)18-11-17(12-18)19-21-14(2)20(3,4)22-19/h7-10,14,19,21-22H,6,11,13H2,1-5H3/t14-,19?/m0/s1. The van der Waals surface area contributed by atoms with Crippen molar-refractivity contribution in [3.05, 3.63) is 52.4 Å². The Bertz CT molecular complexity index is 635. The Morgan fingerprint density at radius 3 is 2.35 bits per heavy atom. The lowest BCUT2D eigenvalue weighted by molar-refractivity contribution is 0.382. The van der Waals surface area contributed by atoms with E-state index in [4.69, 9.17) is 0 Å². The van der Waals surface area contributed by atoms with Crippen LogP contribution in [0.4, 0.5) is 0 Å². The SMILES string of the molecule is CCc1ccc(CN(C)C2=C=C(C3N[C@@H](C)C(C)(C)N3)C2)cc1. The summed E-state index contributed by atoms with van der Waals surface area (Å²) in [7, 11) is 2.16. The van der Waals surface area contributed by atoms with Crippen molar-refractivity contribution in [2.24, 2.45) is 0 Å². The summed E-state index contributed by atoms with van der Waals surface area (Å²) in [4.78, 5) is 2.31. The number of benzene rings is 1. The van der Waals surface area contributed by atoms with E-state index in [-0.39, 0.29) is 11.7 Å². The van der Waals surface area contributed by atoms with E-state index in [1.54, 1.807) is 0 Å². The molecule has 2 N–H and O–H groups in total. The molecule has 1 aliphatic carbocycles. The van der Waals surface area contributed by atoms with Gasteiger partial charge in [-0.2, -0.15) is 0 Å². The predicted molar refractivity (Wildman–Crippen MR) is 96.0 cm³/mol.